The van der Waals surface area contributed by atoms with Crippen molar-refractivity contribution in [3.63, 3.8) is 0 Å². The molecule has 0 saturated carbocycles. The lowest BCUT2D eigenvalue weighted by Gasteiger charge is -2.05. The van der Waals surface area contributed by atoms with Crippen molar-refractivity contribution < 1.29 is 14.3 Å². The topological polar surface area (TPSA) is 42.6 Å². The summed E-state index contributed by atoms with van der Waals surface area (Å²) in [4.78, 5) is 0. The zero-order valence-electron chi connectivity index (χ0n) is 10.3. The van der Waals surface area contributed by atoms with Gasteiger partial charge in [-0.25, -0.2) is 0 Å². The predicted molar refractivity (Wildman–Crippen MR) is 67.3 cm³/mol. The van der Waals surface area contributed by atoms with Crippen LogP contribution in [0.15, 0.2) is 28.7 Å². The number of fused-ring (bicyclic) bond motifs is 1. The molecule has 1 atom stereocenters. The minimum absolute atomic E-state index is 0.526. The number of hydrogen-bond acceptors (Lipinski definition) is 3. The summed E-state index contributed by atoms with van der Waals surface area (Å²) in [6.45, 7) is 4.58. The summed E-state index contributed by atoms with van der Waals surface area (Å²) in [7, 11) is 0. The lowest BCUT2D eigenvalue weighted by atomic mass is 10.1. The van der Waals surface area contributed by atoms with Crippen LogP contribution < -0.4 is 4.74 Å². The van der Waals surface area contributed by atoms with Gasteiger partial charge < -0.3 is 14.3 Å². The molecule has 0 bridgehead atoms. The smallest absolute Gasteiger partial charge is 0.176 e. The first-order chi connectivity index (χ1) is 8.26. The van der Waals surface area contributed by atoms with Crippen LogP contribution in [0.25, 0.3) is 11.0 Å². The Morgan fingerprint density at radius 3 is 2.88 bits per heavy atom. The van der Waals surface area contributed by atoms with Gasteiger partial charge in [0.25, 0.3) is 0 Å². The molecule has 17 heavy (non-hydrogen) atoms. The molecule has 0 spiro atoms. The van der Waals surface area contributed by atoms with Gasteiger partial charge in [-0.15, -0.1) is 0 Å². The Hall–Kier alpha value is -1.48. The predicted octanol–water partition coefficient (Wildman–Crippen LogP) is 3.67. The molecule has 2 rings (SSSR count). The van der Waals surface area contributed by atoms with E-state index in [0.29, 0.717) is 18.8 Å². The number of benzene rings is 1. The van der Waals surface area contributed by atoms with Crippen molar-refractivity contribution in [3.8, 4) is 5.75 Å². The molecule has 0 saturated heterocycles. The van der Waals surface area contributed by atoms with Crippen LogP contribution in [-0.4, -0.2) is 11.7 Å². The van der Waals surface area contributed by atoms with Crippen LogP contribution in [0, 0.1) is 0 Å². The Labute approximate surface area is 101 Å². The van der Waals surface area contributed by atoms with Crippen LogP contribution >= 0.6 is 0 Å². The molecule has 0 aliphatic carbocycles. The SMILES string of the molecule is CCCC(O)c1cc2cccc(OCC)c2o1. The van der Waals surface area contributed by atoms with Crippen molar-refractivity contribution in [2.45, 2.75) is 32.8 Å². The van der Waals surface area contributed by atoms with E-state index in [-0.39, 0.29) is 0 Å². The maximum absolute atomic E-state index is 9.91. The van der Waals surface area contributed by atoms with Crippen LogP contribution in [0.2, 0.25) is 0 Å². The summed E-state index contributed by atoms with van der Waals surface area (Å²) in [5.41, 5.74) is 0.722. The number of ether oxygens (including phenoxy) is 1. The first-order valence-corrected chi connectivity index (χ1v) is 6.09. The molecule has 0 fully saturated rings. The van der Waals surface area contributed by atoms with Crippen molar-refractivity contribution in [2.75, 3.05) is 6.61 Å². The van der Waals surface area contributed by atoms with Crippen molar-refractivity contribution in [1.29, 1.82) is 0 Å². The fourth-order valence-corrected chi connectivity index (χ4v) is 1.91. The summed E-state index contributed by atoms with van der Waals surface area (Å²) >= 11 is 0. The molecule has 3 nitrogen and oxygen atoms in total. The average Bonchev–Trinajstić information content (AvgIpc) is 2.75. The summed E-state index contributed by atoms with van der Waals surface area (Å²) in [5, 5.41) is 10.9. The molecular weight excluding hydrogens is 216 g/mol. The van der Waals surface area contributed by atoms with E-state index < -0.39 is 6.10 Å². The standard InChI is InChI=1S/C14H18O3/c1-3-6-11(15)13-9-10-7-5-8-12(16-4-2)14(10)17-13/h5,7-9,11,15H,3-4,6H2,1-2H3. The lowest BCUT2D eigenvalue weighted by molar-refractivity contribution is 0.141. The minimum Gasteiger partial charge on any atom is -0.490 e. The Balaban J connectivity index is 2.39. The van der Waals surface area contributed by atoms with E-state index in [1.165, 1.54) is 0 Å². The number of furan rings is 1. The van der Waals surface area contributed by atoms with Crippen LogP contribution in [0.4, 0.5) is 0 Å². The first kappa shape index (κ1) is 12.0. The second-order valence-corrected chi connectivity index (χ2v) is 4.06. The quantitative estimate of drug-likeness (QED) is 0.858. The zero-order chi connectivity index (χ0) is 12.3. The molecule has 2 aromatic rings. The zero-order valence-corrected chi connectivity index (χ0v) is 10.3. The molecule has 92 valence electrons. The highest BCUT2D eigenvalue weighted by Crippen LogP contribution is 2.32. The third kappa shape index (κ3) is 2.44. The monoisotopic (exact) mass is 234 g/mol. The number of rotatable bonds is 5. The molecule has 0 aliphatic heterocycles. The maximum atomic E-state index is 9.91. The third-order valence-corrected chi connectivity index (χ3v) is 2.72. The van der Waals surface area contributed by atoms with Crippen molar-refractivity contribution >= 4 is 11.0 Å². The second-order valence-electron chi connectivity index (χ2n) is 4.06. The summed E-state index contributed by atoms with van der Waals surface area (Å²) in [5.74, 6) is 1.36. The summed E-state index contributed by atoms with van der Waals surface area (Å²) in [6.07, 6.45) is 1.11. The minimum atomic E-state index is -0.526. The second kappa shape index (κ2) is 5.23. The molecule has 0 radical (unpaired) electrons. The molecule has 1 N–H and O–H groups in total. The Kier molecular flexibility index (Phi) is 3.69. The molecule has 1 heterocycles. The number of hydrogen-bond donors (Lipinski definition) is 1. The number of aliphatic hydroxyl groups is 1. The van der Waals surface area contributed by atoms with Gasteiger partial charge in [-0.1, -0.05) is 25.5 Å². The van der Waals surface area contributed by atoms with Crippen LogP contribution in [0.5, 0.6) is 5.75 Å². The van der Waals surface area contributed by atoms with Crippen LogP contribution in [-0.2, 0) is 0 Å². The first-order valence-electron chi connectivity index (χ1n) is 6.09. The van der Waals surface area contributed by atoms with Crippen molar-refractivity contribution in [1.82, 2.24) is 0 Å². The van der Waals surface area contributed by atoms with E-state index in [2.05, 4.69) is 0 Å². The molecule has 1 aromatic heterocycles. The summed E-state index contributed by atoms with van der Waals surface area (Å²) < 4.78 is 11.2. The van der Waals surface area contributed by atoms with E-state index in [9.17, 15) is 5.11 Å². The van der Waals surface area contributed by atoms with Gasteiger partial charge >= 0.3 is 0 Å². The fourth-order valence-electron chi connectivity index (χ4n) is 1.91. The van der Waals surface area contributed by atoms with Gasteiger partial charge in [-0.05, 0) is 25.5 Å². The number of para-hydroxylation sites is 1. The van der Waals surface area contributed by atoms with Gasteiger partial charge in [-0.2, -0.15) is 0 Å². The highest BCUT2D eigenvalue weighted by molar-refractivity contribution is 5.83. The number of aliphatic hydroxyl groups excluding tert-OH is 1. The lowest BCUT2D eigenvalue weighted by Crippen LogP contribution is -1.93. The molecular formula is C14H18O3. The van der Waals surface area contributed by atoms with E-state index in [0.717, 1.165) is 23.1 Å². The van der Waals surface area contributed by atoms with E-state index in [1.807, 2.05) is 38.1 Å². The molecule has 1 aromatic carbocycles. The molecule has 0 amide bonds. The maximum Gasteiger partial charge on any atom is 0.176 e. The molecule has 3 heteroatoms. The van der Waals surface area contributed by atoms with Crippen LogP contribution in [0.1, 0.15) is 38.6 Å². The van der Waals surface area contributed by atoms with Gasteiger partial charge in [-0.3, -0.25) is 0 Å². The molecule has 1 unspecified atom stereocenters. The van der Waals surface area contributed by atoms with Gasteiger partial charge in [0.15, 0.2) is 11.3 Å². The van der Waals surface area contributed by atoms with Gasteiger partial charge in [0.05, 0.1) is 6.61 Å². The van der Waals surface area contributed by atoms with Crippen molar-refractivity contribution in [3.05, 3.63) is 30.0 Å². The fraction of sp³-hybridized carbons (Fsp3) is 0.429. The highest BCUT2D eigenvalue weighted by atomic mass is 16.5. The largest absolute Gasteiger partial charge is 0.490 e. The Bertz CT molecular complexity index is 487. The normalized spacial score (nSPS) is 12.9. The average molecular weight is 234 g/mol. The summed E-state index contributed by atoms with van der Waals surface area (Å²) in [6, 6.07) is 7.66. The third-order valence-electron chi connectivity index (χ3n) is 2.72. The Morgan fingerprint density at radius 2 is 2.18 bits per heavy atom. The van der Waals surface area contributed by atoms with Gasteiger partial charge in [0, 0.05) is 5.39 Å². The van der Waals surface area contributed by atoms with Crippen LogP contribution in [0.3, 0.4) is 0 Å². The highest BCUT2D eigenvalue weighted by Gasteiger charge is 2.14. The van der Waals surface area contributed by atoms with Gasteiger partial charge in [0.2, 0.25) is 0 Å². The van der Waals surface area contributed by atoms with E-state index in [4.69, 9.17) is 9.15 Å². The van der Waals surface area contributed by atoms with Gasteiger partial charge in [0.1, 0.15) is 11.9 Å². The van der Waals surface area contributed by atoms with E-state index in [1.54, 1.807) is 0 Å². The van der Waals surface area contributed by atoms with Crippen molar-refractivity contribution in [2.24, 2.45) is 0 Å². The molecule has 0 aliphatic rings. The van der Waals surface area contributed by atoms with E-state index >= 15 is 0 Å². The Morgan fingerprint density at radius 1 is 1.35 bits per heavy atom.